The van der Waals surface area contributed by atoms with Crippen LogP contribution in [0.15, 0.2) is 0 Å². The van der Waals surface area contributed by atoms with Crippen molar-refractivity contribution in [3.63, 3.8) is 0 Å². The molecule has 1 rings (SSSR count). The second-order valence-corrected chi connectivity index (χ2v) is 5.43. The Balaban J connectivity index is 2.46. The third-order valence-electron chi connectivity index (χ3n) is 3.45. The van der Waals surface area contributed by atoms with E-state index in [2.05, 4.69) is 32.6 Å². The van der Waals surface area contributed by atoms with Crippen LogP contribution in [-0.2, 0) is 0 Å². The highest BCUT2D eigenvalue weighted by molar-refractivity contribution is 4.85. The third-order valence-corrected chi connectivity index (χ3v) is 3.45. The van der Waals surface area contributed by atoms with Crippen molar-refractivity contribution in [1.29, 1.82) is 0 Å². The summed E-state index contributed by atoms with van der Waals surface area (Å²) in [6.07, 6.45) is 1.29. The van der Waals surface area contributed by atoms with Gasteiger partial charge in [-0.1, -0.05) is 20.8 Å². The summed E-state index contributed by atoms with van der Waals surface area (Å²) in [5, 5.41) is 0. The third kappa shape index (κ3) is 2.68. The van der Waals surface area contributed by atoms with Crippen molar-refractivity contribution in [2.45, 2.75) is 40.2 Å². The van der Waals surface area contributed by atoms with Gasteiger partial charge in [0, 0.05) is 12.6 Å². The first-order valence-electron chi connectivity index (χ1n) is 5.39. The summed E-state index contributed by atoms with van der Waals surface area (Å²) in [6.45, 7) is 12.6. The summed E-state index contributed by atoms with van der Waals surface area (Å²) in [6, 6.07) is 0.670. The Bertz CT molecular complexity index is 160. The van der Waals surface area contributed by atoms with Gasteiger partial charge in [0.15, 0.2) is 0 Å². The summed E-state index contributed by atoms with van der Waals surface area (Å²) in [5.41, 5.74) is 6.07. The van der Waals surface area contributed by atoms with E-state index in [0.717, 1.165) is 12.5 Å². The Morgan fingerprint density at radius 1 is 1.46 bits per heavy atom. The van der Waals surface area contributed by atoms with Gasteiger partial charge in [0.1, 0.15) is 0 Å². The summed E-state index contributed by atoms with van der Waals surface area (Å²) in [4.78, 5) is 2.58. The predicted octanol–water partition coefficient (Wildman–Crippen LogP) is 1.70. The van der Waals surface area contributed by atoms with E-state index >= 15 is 0 Å². The monoisotopic (exact) mass is 184 g/mol. The van der Waals surface area contributed by atoms with Gasteiger partial charge < -0.3 is 5.73 Å². The maximum absolute atomic E-state index is 5.68. The van der Waals surface area contributed by atoms with Crippen LogP contribution in [0.25, 0.3) is 0 Å². The first-order valence-corrected chi connectivity index (χ1v) is 5.39. The molecular weight excluding hydrogens is 160 g/mol. The number of rotatable bonds is 2. The highest BCUT2D eigenvalue weighted by Crippen LogP contribution is 2.28. The Morgan fingerprint density at radius 2 is 2.08 bits per heavy atom. The molecule has 1 saturated heterocycles. The smallest absolute Gasteiger partial charge is 0.0116 e. The second-order valence-electron chi connectivity index (χ2n) is 5.43. The van der Waals surface area contributed by atoms with Crippen molar-refractivity contribution in [2.24, 2.45) is 17.1 Å². The summed E-state index contributed by atoms with van der Waals surface area (Å²) >= 11 is 0. The van der Waals surface area contributed by atoms with Gasteiger partial charge in [-0.25, -0.2) is 0 Å². The molecule has 1 aliphatic heterocycles. The molecule has 0 aromatic rings. The first-order chi connectivity index (χ1) is 5.95. The molecule has 0 amide bonds. The Kier molecular flexibility index (Phi) is 3.36. The summed E-state index contributed by atoms with van der Waals surface area (Å²) < 4.78 is 0. The molecule has 0 bridgehead atoms. The number of nitrogens with zero attached hydrogens (tertiary/aromatic N) is 1. The van der Waals surface area contributed by atoms with E-state index in [9.17, 15) is 0 Å². The average Bonchev–Trinajstić information content (AvgIpc) is 2.48. The van der Waals surface area contributed by atoms with Crippen molar-refractivity contribution < 1.29 is 0 Å². The Morgan fingerprint density at radius 3 is 2.46 bits per heavy atom. The molecule has 0 radical (unpaired) electrons. The van der Waals surface area contributed by atoms with Gasteiger partial charge >= 0.3 is 0 Å². The zero-order valence-electron chi connectivity index (χ0n) is 9.51. The number of nitrogens with two attached hydrogens (primary N) is 1. The molecule has 0 spiro atoms. The quantitative estimate of drug-likeness (QED) is 0.708. The van der Waals surface area contributed by atoms with Crippen LogP contribution in [0.2, 0.25) is 0 Å². The van der Waals surface area contributed by atoms with Crippen LogP contribution in [0.4, 0.5) is 0 Å². The lowest BCUT2D eigenvalue weighted by atomic mass is 9.87. The minimum Gasteiger partial charge on any atom is -0.330 e. The molecule has 2 unspecified atom stereocenters. The minimum absolute atomic E-state index is 0.392. The zero-order chi connectivity index (χ0) is 10.1. The summed E-state index contributed by atoms with van der Waals surface area (Å²) in [7, 11) is 0. The van der Waals surface area contributed by atoms with Crippen LogP contribution in [0.5, 0.6) is 0 Å². The van der Waals surface area contributed by atoms with E-state index in [1.807, 2.05) is 0 Å². The first kappa shape index (κ1) is 11.0. The fraction of sp³-hybridized carbons (Fsp3) is 1.00. The van der Waals surface area contributed by atoms with Crippen molar-refractivity contribution in [3.8, 4) is 0 Å². The maximum atomic E-state index is 5.68. The van der Waals surface area contributed by atoms with E-state index in [-0.39, 0.29) is 0 Å². The fourth-order valence-corrected chi connectivity index (χ4v) is 1.95. The van der Waals surface area contributed by atoms with Crippen LogP contribution in [0.3, 0.4) is 0 Å². The fourth-order valence-electron chi connectivity index (χ4n) is 1.95. The molecule has 1 fully saturated rings. The van der Waals surface area contributed by atoms with Gasteiger partial charge in [-0.15, -0.1) is 0 Å². The van der Waals surface area contributed by atoms with E-state index < -0.39 is 0 Å². The number of hydrogen-bond acceptors (Lipinski definition) is 2. The molecule has 0 saturated carbocycles. The number of hydrogen-bond donors (Lipinski definition) is 1. The van der Waals surface area contributed by atoms with E-state index in [1.54, 1.807) is 0 Å². The van der Waals surface area contributed by atoms with Gasteiger partial charge in [0.05, 0.1) is 0 Å². The molecule has 78 valence electrons. The maximum Gasteiger partial charge on any atom is 0.0116 e. The minimum atomic E-state index is 0.392. The van der Waals surface area contributed by atoms with Crippen LogP contribution in [-0.4, -0.2) is 30.6 Å². The van der Waals surface area contributed by atoms with Crippen LogP contribution in [0, 0.1) is 11.3 Å². The van der Waals surface area contributed by atoms with E-state index in [4.69, 9.17) is 5.73 Å². The van der Waals surface area contributed by atoms with Gasteiger partial charge in [0.25, 0.3) is 0 Å². The van der Waals surface area contributed by atoms with Crippen LogP contribution < -0.4 is 5.73 Å². The highest BCUT2D eigenvalue weighted by atomic mass is 15.2. The molecule has 0 aromatic carbocycles. The SMILES string of the molecule is CC(N1CCC(CN)C1)C(C)(C)C. The van der Waals surface area contributed by atoms with Crippen LogP contribution >= 0.6 is 0 Å². The highest BCUT2D eigenvalue weighted by Gasteiger charge is 2.31. The molecule has 2 N–H and O–H groups in total. The lowest BCUT2D eigenvalue weighted by Gasteiger charge is -2.35. The van der Waals surface area contributed by atoms with Gasteiger partial charge in [0.2, 0.25) is 0 Å². The number of likely N-dealkylation sites (tertiary alicyclic amines) is 1. The van der Waals surface area contributed by atoms with Crippen molar-refractivity contribution in [3.05, 3.63) is 0 Å². The predicted molar refractivity (Wildman–Crippen MR) is 57.7 cm³/mol. The van der Waals surface area contributed by atoms with Crippen molar-refractivity contribution in [2.75, 3.05) is 19.6 Å². The average molecular weight is 184 g/mol. The second kappa shape index (κ2) is 3.97. The molecular formula is C11H24N2. The molecule has 2 heteroatoms. The Hall–Kier alpha value is -0.0800. The largest absolute Gasteiger partial charge is 0.330 e. The van der Waals surface area contributed by atoms with Gasteiger partial charge in [-0.05, 0) is 37.8 Å². The van der Waals surface area contributed by atoms with E-state index in [1.165, 1.54) is 19.5 Å². The van der Waals surface area contributed by atoms with Gasteiger partial charge in [-0.3, -0.25) is 4.90 Å². The van der Waals surface area contributed by atoms with Crippen molar-refractivity contribution >= 4 is 0 Å². The standard InChI is InChI=1S/C11H24N2/c1-9(11(2,3)4)13-6-5-10(7-12)8-13/h9-10H,5-8,12H2,1-4H3. The molecule has 13 heavy (non-hydrogen) atoms. The molecule has 0 aromatic heterocycles. The van der Waals surface area contributed by atoms with E-state index in [0.29, 0.717) is 11.5 Å². The molecule has 1 aliphatic rings. The molecule has 1 heterocycles. The molecule has 0 aliphatic carbocycles. The lowest BCUT2D eigenvalue weighted by Crippen LogP contribution is -2.40. The Labute approximate surface area is 82.5 Å². The van der Waals surface area contributed by atoms with Crippen molar-refractivity contribution in [1.82, 2.24) is 4.90 Å². The normalized spacial score (nSPS) is 27.9. The summed E-state index contributed by atoms with van der Waals surface area (Å²) in [5.74, 6) is 0.741. The molecule has 2 nitrogen and oxygen atoms in total. The lowest BCUT2D eigenvalue weighted by molar-refractivity contribution is 0.136. The van der Waals surface area contributed by atoms with Crippen LogP contribution in [0.1, 0.15) is 34.1 Å². The zero-order valence-corrected chi connectivity index (χ0v) is 9.51. The molecule has 2 atom stereocenters. The topological polar surface area (TPSA) is 29.3 Å². The van der Waals surface area contributed by atoms with Gasteiger partial charge in [-0.2, -0.15) is 0 Å².